The third-order valence-corrected chi connectivity index (χ3v) is 3.31. The number of carbonyl (C=O) groups excluding carboxylic acids is 1. The summed E-state index contributed by atoms with van der Waals surface area (Å²) in [7, 11) is 0. The van der Waals surface area contributed by atoms with Crippen LogP contribution in [0.1, 0.15) is 28.2 Å². The lowest BCUT2D eigenvalue weighted by atomic mass is 10.1. The van der Waals surface area contributed by atoms with E-state index in [9.17, 15) is 9.18 Å². The summed E-state index contributed by atoms with van der Waals surface area (Å²) >= 11 is 1.39. The molecule has 2 nitrogen and oxygen atoms in total. The number of carbonyl (C=O) groups is 1. The first-order chi connectivity index (χ1) is 8.16. The van der Waals surface area contributed by atoms with E-state index in [1.807, 2.05) is 18.4 Å². The molecule has 1 heterocycles. The number of amides is 1. The summed E-state index contributed by atoms with van der Waals surface area (Å²) in [6.45, 7) is 1.83. The molecule has 2 rings (SSSR count). The first-order valence-electron chi connectivity index (χ1n) is 5.26. The highest BCUT2D eigenvalue weighted by Crippen LogP contribution is 2.15. The molecule has 17 heavy (non-hydrogen) atoms. The van der Waals surface area contributed by atoms with Crippen LogP contribution in [0.5, 0.6) is 0 Å². The SMILES string of the molecule is C[C@@H](NC(=O)c1cccs1)c1cccc(F)c1. The minimum atomic E-state index is -0.292. The highest BCUT2D eigenvalue weighted by atomic mass is 32.1. The molecule has 1 amide bonds. The average molecular weight is 249 g/mol. The summed E-state index contributed by atoms with van der Waals surface area (Å²) in [5, 5.41) is 4.68. The molecule has 2 aromatic rings. The Morgan fingerprint density at radius 2 is 2.18 bits per heavy atom. The number of nitrogens with one attached hydrogen (secondary N) is 1. The van der Waals surface area contributed by atoms with E-state index in [0.717, 1.165) is 5.56 Å². The van der Waals surface area contributed by atoms with Crippen molar-refractivity contribution in [3.8, 4) is 0 Å². The molecule has 1 atom stereocenters. The van der Waals surface area contributed by atoms with Crippen molar-refractivity contribution in [2.45, 2.75) is 13.0 Å². The fourth-order valence-corrected chi connectivity index (χ4v) is 2.16. The zero-order valence-electron chi connectivity index (χ0n) is 9.31. The first kappa shape index (κ1) is 11.8. The van der Waals surface area contributed by atoms with Crippen molar-refractivity contribution < 1.29 is 9.18 Å². The molecule has 0 fully saturated rings. The average Bonchev–Trinajstić information content (AvgIpc) is 2.82. The van der Waals surface area contributed by atoms with Gasteiger partial charge >= 0.3 is 0 Å². The van der Waals surface area contributed by atoms with Crippen LogP contribution in [0.15, 0.2) is 41.8 Å². The van der Waals surface area contributed by atoms with Crippen LogP contribution < -0.4 is 5.32 Å². The predicted molar refractivity (Wildman–Crippen MR) is 66.6 cm³/mol. The molecule has 4 heteroatoms. The molecule has 1 aromatic heterocycles. The van der Waals surface area contributed by atoms with Crippen LogP contribution in [0, 0.1) is 5.82 Å². The van der Waals surface area contributed by atoms with Gasteiger partial charge in [0.2, 0.25) is 0 Å². The second-order valence-corrected chi connectivity index (χ2v) is 4.68. The Bertz CT molecular complexity index is 510. The molecule has 0 bridgehead atoms. The van der Waals surface area contributed by atoms with Crippen LogP contribution in [-0.4, -0.2) is 5.91 Å². The molecule has 1 aromatic carbocycles. The van der Waals surface area contributed by atoms with Crippen molar-refractivity contribution in [1.82, 2.24) is 5.32 Å². The summed E-state index contributed by atoms with van der Waals surface area (Å²) in [5.41, 5.74) is 0.759. The molecule has 0 saturated carbocycles. The molecule has 0 unspecified atom stereocenters. The summed E-state index contributed by atoms with van der Waals surface area (Å²) in [6, 6.07) is 9.63. The monoisotopic (exact) mass is 249 g/mol. The second kappa shape index (κ2) is 5.10. The predicted octanol–water partition coefficient (Wildman–Crippen LogP) is 3.38. The van der Waals surface area contributed by atoms with E-state index < -0.39 is 0 Å². The van der Waals surface area contributed by atoms with Crippen molar-refractivity contribution in [2.75, 3.05) is 0 Å². The van der Waals surface area contributed by atoms with Crippen molar-refractivity contribution in [3.63, 3.8) is 0 Å². The molecular formula is C13H12FNOS. The zero-order valence-corrected chi connectivity index (χ0v) is 10.1. The van der Waals surface area contributed by atoms with Gasteiger partial charge < -0.3 is 5.32 Å². The van der Waals surface area contributed by atoms with Crippen LogP contribution in [0.25, 0.3) is 0 Å². The molecule has 0 aliphatic rings. The minimum Gasteiger partial charge on any atom is -0.345 e. The number of halogens is 1. The van der Waals surface area contributed by atoms with E-state index in [0.29, 0.717) is 4.88 Å². The fourth-order valence-electron chi connectivity index (χ4n) is 1.53. The maximum Gasteiger partial charge on any atom is 0.261 e. The van der Waals surface area contributed by atoms with Gasteiger partial charge in [0.25, 0.3) is 5.91 Å². The standard InChI is InChI=1S/C13H12FNOS/c1-9(10-4-2-5-11(14)8-10)15-13(16)12-6-3-7-17-12/h2-9H,1H3,(H,15,16)/t9-/m1/s1. The van der Waals surface area contributed by atoms with Crippen molar-refractivity contribution in [2.24, 2.45) is 0 Å². The maximum atomic E-state index is 13.0. The summed E-state index contributed by atoms with van der Waals surface area (Å²) < 4.78 is 13.0. The van der Waals surface area contributed by atoms with E-state index >= 15 is 0 Å². The van der Waals surface area contributed by atoms with Gasteiger partial charge in [0.15, 0.2) is 0 Å². The van der Waals surface area contributed by atoms with Gasteiger partial charge in [-0.2, -0.15) is 0 Å². The van der Waals surface area contributed by atoms with E-state index in [1.165, 1.54) is 23.5 Å². The molecular weight excluding hydrogens is 237 g/mol. The van der Waals surface area contributed by atoms with Crippen molar-refractivity contribution >= 4 is 17.2 Å². The number of benzene rings is 1. The van der Waals surface area contributed by atoms with Crippen LogP contribution >= 0.6 is 11.3 Å². The van der Waals surface area contributed by atoms with Crippen LogP contribution in [-0.2, 0) is 0 Å². The van der Waals surface area contributed by atoms with Crippen molar-refractivity contribution in [1.29, 1.82) is 0 Å². The van der Waals surface area contributed by atoms with Crippen LogP contribution in [0.4, 0.5) is 4.39 Å². The van der Waals surface area contributed by atoms with Crippen LogP contribution in [0.3, 0.4) is 0 Å². The third kappa shape index (κ3) is 2.91. The molecule has 0 aliphatic heterocycles. The quantitative estimate of drug-likeness (QED) is 0.887. The molecule has 88 valence electrons. The normalized spacial score (nSPS) is 12.1. The molecule has 0 saturated heterocycles. The second-order valence-electron chi connectivity index (χ2n) is 3.73. The lowest BCUT2D eigenvalue weighted by Crippen LogP contribution is -2.25. The van der Waals surface area contributed by atoms with Gasteiger partial charge in [-0.1, -0.05) is 18.2 Å². The number of rotatable bonds is 3. The van der Waals surface area contributed by atoms with Gasteiger partial charge in [-0.3, -0.25) is 4.79 Å². The largest absolute Gasteiger partial charge is 0.345 e. The van der Waals surface area contributed by atoms with Gasteiger partial charge in [-0.05, 0) is 36.1 Å². The molecule has 0 radical (unpaired) electrons. The maximum absolute atomic E-state index is 13.0. The van der Waals surface area contributed by atoms with E-state index in [2.05, 4.69) is 5.32 Å². The summed E-state index contributed by atoms with van der Waals surface area (Å²) in [4.78, 5) is 12.4. The van der Waals surface area contributed by atoms with Gasteiger partial charge in [0, 0.05) is 0 Å². The molecule has 0 spiro atoms. The Balaban J connectivity index is 2.07. The lowest BCUT2D eigenvalue weighted by molar-refractivity contribution is 0.0944. The fraction of sp³-hybridized carbons (Fsp3) is 0.154. The Morgan fingerprint density at radius 3 is 2.82 bits per heavy atom. The zero-order chi connectivity index (χ0) is 12.3. The Hall–Kier alpha value is -1.68. The summed E-state index contributed by atoms with van der Waals surface area (Å²) in [6.07, 6.45) is 0. The Labute approximate surface area is 103 Å². The van der Waals surface area contributed by atoms with Crippen LogP contribution in [0.2, 0.25) is 0 Å². The Kier molecular flexibility index (Phi) is 3.54. The highest BCUT2D eigenvalue weighted by Gasteiger charge is 2.12. The van der Waals surface area contributed by atoms with E-state index in [-0.39, 0.29) is 17.8 Å². The van der Waals surface area contributed by atoms with E-state index in [1.54, 1.807) is 18.2 Å². The number of hydrogen-bond acceptors (Lipinski definition) is 2. The first-order valence-corrected chi connectivity index (χ1v) is 6.14. The highest BCUT2D eigenvalue weighted by molar-refractivity contribution is 7.12. The number of hydrogen-bond donors (Lipinski definition) is 1. The minimum absolute atomic E-state index is 0.128. The smallest absolute Gasteiger partial charge is 0.261 e. The molecule has 1 N–H and O–H groups in total. The lowest BCUT2D eigenvalue weighted by Gasteiger charge is -2.13. The van der Waals surface area contributed by atoms with Gasteiger partial charge in [0.05, 0.1) is 10.9 Å². The topological polar surface area (TPSA) is 29.1 Å². The van der Waals surface area contributed by atoms with E-state index in [4.69, 9.17) is 0 Å². The van der Waals surface area contributed by atoms with Gasteiger partial charge in [-0.25, -0.2) is 4.39 Å². The molecule has 0 aliphatic carbocycles. The third-order valence-electron chi connectivity index (χ3n) is 2.44. The van der Waals surface area contributed by atoms with Gasteiger partial charge in [-0.15, -0.1) is 11.3 Å². The Morgan fingerprint density at radius 1 is 1.35 bits per heavy atom. The van der Waals surface area contributed by atoms with Gasteiger partial charge in [0.1, 0.15) is 5.82 Å². The van der Waals surface area contributed by atoms with Crippen molar-refractivity contribution in [3.05, 3.63) is 58.0 Å². The number of thiophene rings is 1. The summed E-state index contributed by atoms with van der Waals surface area (Å²) in [5.74, 6) is -0.420.